The van der Waals surface area contributed by atoms with Crippen LogP contribution in [0.3, 0.4) is 0 Å². The first kappa shape index (κ1) is 17.1. The number of rotatable bonds is 6. The fourth-order valence-electron chi connectivity index (χ4n) is 1.58. The maximum Gasteiger partial charge on any atom is 0.0305 e. The fourth-order valence-corrected chi connectivity index (χ4v) is 1.58. The molecule has 1 aromatic heterocycles. The highest BCUT2D eigenvalue weighted by atomic mass is 14.9. The number of nitrogens with zero attached hydrogens (tertiary/aromatic N) is 1. The van der Waals surface area contributed by atoms with Gasteiger partial charge in [0, 0.05) is 36.9 Å². The molecule has 0 saturated heterocycles. The van der Waals surface area contributed by atoms with Crippen molar-refractivity contribution in [2.45, 2.75) is 52.5 Å². The fraction of sp³-hybridized carbons (Fsp3) is 0.667. The van der Waals surface area contributed by atoms with Crippen molar-refractivity contribution in [2.75, 3.05) is 13.1 Å². The van der Waals surface area contributed by atoms with E-state index in [2.05, 4.69) is 37.1 Å². The summed E-state index contributed by atoms with van der Waals surface area (Å²) in [6, 6.07) is 4.35. The zero-order valence-electron chi connectivity index (χ0n) is 12.5. The Hall–Kier alpha value is -0.930. The van der Waals surface area contributed by atoms with Crippen molar-refractivity contribution in [3.8, 4) is 0 Å². The lowest BCUT2D eigenvalue weighted by Crippen LogP contribution is -2.39. The highest BCUT2D eigenvalue weighted by molar-refractivity contribution is 5.19. The van der Waals surface area contributed by atoms with Crippen molar-refractivity contribution in [2.24, 2.45) is 5.73 Å². The van der Waals surface area contributed by atoms with Crippen molar-refractivity contribution in [1.82, 2.24) is 10.3 Å². The monoisotopic (exact) mass is 251 g/mol. The van der Waals surface area contributed by atoms with Crippen molar-refractivity contribution >= 4 is 0 Å². The lowest BCUT2D eigenvalue weighted by atomic mass is 9.85. The lowest BCUT2D eigenvalue weighted by Gasteiger charge is -2.26. The molecule has 0 saturated carbocycles. The van der Waals surface area contributed by atoms with E-state index in [9.17, 15) is 0 Å². The first-order valence-electron chi connectivity index (χ1n) is 6.93. The van der Waals surface area contributed by atoms with Crippen LogP contribution in [0.1, 0.15) is 46.6 Å². The Morgan fingerprint density at radius 3 is 2.56 bits per heavy atom. The molecule has 3 nitrogen and oxygen atoms in total. The third-order valence-corrected chi connectivity index (χ3v) is 2.94. The molecule has 3 N–H and O–H groups in total. The molecule has 104 valence electrons. The van der Waals surface area contributed by atoms with Gasteiger partial charge in [0.1, 0.15) is 0 Å². The van der Waals surface area contributed by atoms with Crippen LogP contribution in [0.2, 0.25) is 0 Å². The highest BCUT2D eigenvalue weighted by Gasteiger charge is 2.20. The molecule has 0 amide bonds. The first-order chi connectivity index (χ1) is 8.56. The molecule has 1 atom stereocenters. The molecule has 0 aromatic carbocycles. The van der Waals surface area contributed by atoms with Gasteiger partial charge in [0.25, 0.3) is 0 Å². The van der Waals surface area contributed by atoms with Gasteiger partial charge in [0.05, 0.1) is 0 Å². The summed E-state index contributed by atoms with van der Waals surface area (Å²) >= 11 is 0. The maximum atomic E-state index is 5.87. The number of nitrogens with two attached hydrogens (primary N) is 1. The van der Waals surface area contributed by atoms with Gasteiger partial charge in [-0.25, -0.2) is 0 Å². The molecule has 1 rings (SSSR count). The van der Waals surface area contributed by atoms with Crippen LogP contribution in [-0.2, 0) is 5.41 Å². The quantitative estimate of drug-likeness (QED) is 0.817. The molecular weight excluding hydrogens is 222 g/mol. The second-order valence-corrected chi connectivity index (χ2v) is 4.92. The van der Waals surface area contributed by atoms with Crippen LogP contribution in [0.4, 0.5) is 0 Å². The zero-order chi connectivity index (χ0) is 14.0. The Labute approximate surface area is 112 Å². The average molecular weight is 251 g/mol. The molecule has 1 aromatic rings. The van der Waals surface area contributed by atoms with Crippen LogP contribution in [0, 0.1) is 0 Å². The summed E-state index contributed by atoms with van der Waals surface area (Å²) in [7, 11) is 0. The molecule has 1 heterocycles. The van der Waals surface area contributed by atoms with Crippen LogP contribution in [0.15, 0.2) is 24.5 Å². The Morgan fingerprint density at radius 2 is 2.06 bits per heavy atom. The Bertz CT molecular complexity index is 296. The average Bonchev–Trinajstić information content (AvgIpc) is 2.41. The minimum atomic E-state index is 0.0989. The van der Waals surface area contributed by atoms with Gasteiger partial charge in [0.15, 0.2) is 0 Å². The van der Waals surface area contributed by atoms with Crippen LogP contribution >= 0.6 is 0 Å². The molecule has 0 aliphatic heterocycles. The smallest absolute Gasteiger partial charge is 0.0305 e. The second-order valence-electron chi connectivity index (χ2n) is 4.92. The summed E-state index contributed by atoms with van der Waals surface area (Å²) in [5.41, 5.74) is 7.22. The van der Waals surface area contributed by atoms with Gasteiger partial charge in [-0.05, 0) is 18.1 Å². The third kappa shape index (κ3) is 6.12. The van der Waals surface area contributed by atoms with E-state index in [0.29, 0.717) is 0 Å². The minimum Gasteiger partial charge on any atom is -0.327 e. The number of aromatic nitrogens is 1. The van der Waals surface area contributed by atoms with Gasteiger partial charge in [-0.2, -0.15) is 0 Å². The summed E-state index contributed by atoms with van der Waals surface area (Å²) in [4.78, 5) is 4.16. The Morgan fingerprint density at radius 1 is 1.39 bits per heavy atom. The normalized spacial score (nSPS) is 12.6. The molecule has 0 aliphatic rings. The molecular formula is C15H29N3. The van der Waals surface area contributed by atoms with E-state index in [-0.39, 0.29) is 11.5 Å². The molecule has 0 radical (unpaired) electrons. The van der Waals surface area contributed by atoms with E-state index in [1.807, 2.05) is 26.1 Å². The van der Waals surface area contributed by atoms with Gasteiger partial charge in [-0.1, -0.05) is 40.7 Å². The lowest BCUT2D eigenvalue weighted by molar-refractivity contribution is 0.448. The van der Waals surface area contributed by atoms with Crippen LogP contribution in [-0.4, -0.2) is 24.1 Å². The second kappa shape index (κ2) is 9.06. The van der Waals surface area contributed by atoms with E-state index in [4.69, 9.17) is 5.73 Å². The van der Waals surface area contributed by atoms with Crippen molar-refractivity contribution < 1.29 is 0 Å². The van der Waals surface area contributed by atoms with Crippen molar-refractivity contribution in [3.05, 3.63) is 30.1 Å². The molecule has 1 unspecified atom stereocenters. The first-order valence-corrected chi connectivity index (χ1v) is 6.93. The summed E-state index contributed by atoms with van der Waals surface area (Å²) in [6.45, 7) is 12.3. The van der Waals surface area contributed by atoms with Crippen LogP contribution in [0.25, 0.3) is 0 Å². The zero-order valence-corrected chi connectivity index (χ0v) is 12.5. The number of nitrogens with one attached hydrogen (secondary N) is 1. The molecule has 3 heteroatoms. The minimum absolute atomic E-state index is 0.0989. The van der Waals surface area contributed by atoms with Gasteiger partial charge >= 0.3 is 0 Å². The van der Waals surface area contributed by atoms with E-state index >= 15 is 0 Å². The van der Waals surface area contributed by atoms with Crippen molar-refractivity contribution in [1.29, 1.82) is 0 Å². The van der Waals surface area contributed by atoms with Crippen LogP contribution in [0.5, 0.6) is 0 Å². The van der Waals surface area contributed by atoms with Gasteiger partial charge in [-0.3, -0.25) is 4.98 Å². The molecule has 0 bridgehead atoms. The number of pyridine rings is 1. The molecule has 0 fully saturated rings. The molecule has 0 aliphatic carbocycles. The predicted octanol–water partition coefficient (Wildman–Crippen LogP) is 2.71. The van der Waals surface area contributed by atoms with Crippen molar-refractivity contribution in [3.63, 3.8) is 0 Å². The summed E-state index contributed by atoms with van der Waals surface area (Å²) in [5, 5.41) is 3.42. The number of hydrogen-bond acceptors (Lipinski definition) is 3. The molecule has 18 heavy (non-hydrogen) atoms. The van der Waals surface area contributed by atoms with Gasteiger partial charge < -0.3 is 11.1 Å². The van der Waals surface area contributed by atoms with E-state index in [1.165, 1.54) is 5.56 Å². The third-order valence-electron chi connectivity index (χ3n) is 2.94. The van der Waals surface area contributed by atoms with Gasteiger partial charge in [0.2, 0.25) is 0 Å². The number of hydrogen-bond donors (Lipinski definition) is 2. The standard InChI is InChI=1S/C13H23N3.C2H6/c1-4-12(14)9-16-10-13(2,3)11-6-5-7-15-8-11;1-2/h5-8,12,16H,4,9-10,14H2,1-3H3;1-2H3. The summed E-state index contributed by atoms with van der Waals surface area (Å²) in [5.74, 6) is 0. The molecule has 0 spiro atoms. The van der Waals surface area contributed by atoms with E-state index < -0.39 is 0 Å². The Balaban J connectivity index is 0.00000137. The topological polar surface area (TPSA) is 50.9 Å². The highest BCUT2D eigenvalue weighted by Crippen LogP contribution is 2.20. The van der Waals surface area contributed by atoms with E-state index in [1.54, 1.807) is 6.20 Å². The van der Waals surface area contributed by atoms with E-state index in [0.717, 1.165) is 19.5 Å². The predicted molar refractivity (Wildman–Crippen MR) is 79.7 cm³/mol. The Kier molecular flexibility index (Phi) is 8.59. The largest absolute Gasteiger partial charge is 0.327 e. The summed E-state index contributed by atoms with van der Waals surface area (Å²) < 4.78 is 0. The van der Waals surface area contributed by atoms with Gasteiger partial charge in [-0.15, -0.1) is 0 Å². The SMILES string of the molecule is CC.CCC(N)CNCC(C)(C)c1cccnc1. The maximum absolute atomic E-state index is 5.87. The van der Waals surface area contributed by atoms with Crippen LogP contribution < -0.4 is 11.1 Å². The summed E-state index contributed by atoms with van der Waals surface area (Å²) in [6.07, 6.45) is 4.75.